The SMILES string of the molecule is CC(=O)NC[C@H](c1ccc2c(c1)OCO2)S(=O)(=O)c1cccs1. The third-order valence-electron chi connectivity index (χ3n) is 3.45. The van der Waals surface area contributed by atoms with Crippen LogP contribution in [0, 0.1) is 0 Å². The Labute approximate surface area is 138 Å². The second-order valence-electron chi connectivity index (χ2n) is 5.02. The number of fused-ring (bicyclic) bond motifs is 1. The summed E-state index contributed by atoms with van der Waals surface area (Å²) >= 11 is 1.16. The minimum Gasteiger partial charge on any atom is -0.454 e. The van der Waals surface area contributed by atoms with Gasteiger partial charge < -0.3 is 14.8 Å². The first-order valence-electron chi connectivity index (χ1n) is 6.90. The molecule has 0 spiro atoms. The number of benzene rings is 1. The molecule has 0 unspecified atom stereocenters. The van der Waals surface area contributed by atoms with Crippen LogP contribution >= 0.6 is 11.3 Å². The van der Waals surface area contributed by atoms with Gasteiger partial charge in [-0.15, -0.1) is 11.3 Å². The zero-order chi connectivity index (χ0) is 16.4. The van der Waals surface area contributed by atoms with Crippen molar-refractivity contribution in [2.75, 3.05) is 13.3 Å². The number of thiophene rings is 1. The summed E-state index contributed by atoms with van der Waals surface area (Å²) in [6, 6.07) is 8.27. The zero-order valence-electron chi connectivity index (χ0n) is 12.3. The zero-order valence-corrected chi connectivity index (χ0v) is 13.9. The largest absolute Gasteiger partial charge is 0.454 e. The van der Waals surface area contributed by atoms with Crippen LogP contribution < -0.4 is 14.8 Å². The highest BCUT2D eigenvalue weighted by Gasteiger charge is 2.31. The van der Waals surface area contributed by atoms with Gasteiger partial charge in [-0.05, 0) is 29.1 Å². The third kappa shape index (κ3) is 3.18. The van der Waals surface area contributed by atoms with Gasteiger partial charge in [0.2, 0.25) is 12.7 Å². The number of nitrogens with one attached hydrogen (secondary N) is 1. The van der Waals surface area contributed by atoms with Gasteiger partial charge in [-0.3, -0.25) is 4.79 Å². The van der Waals surface area contributed by atoms with Gasteiger partial charge in [-0.2, -0.15) is 0 Å². The van der Waals surface area contributed by atoms with Crippen LogP contribution in [0.3, 0.4) is 0 Å². The maximum absolute atomic E-state index is 12.9. The number of carbonyl (C=O) groups excluding carboxylic acids is 1. The highest BCUT2D eigenvalue weighted by atomic mass is 32.2. The van der Waals surface area contributed by atoms with Gasteiger partial charge in [0.15, 0.2) is 21.3 Å². The Kier molecular flexibility index (Phi) is 4.27. The average molecular weight is 353 g/mol. The number of amides is 1. The van der Waals surface area contributed by atoms with Crippen LogP contribution in [0.1, 0.15) is 17.7 Å². The second kappa shape index (κ2) is 6.21. The van der Waals surface area contributed by atoms with Crippen molar-refractivity contribution in [1.82, 2.24) is 5.32 Å². The molecule has 1 aromatic carbocycles. The van der Waals surface area contributed by atoms with Crippen molar-refractivity contribution in [2.45, 2.75) is 16.4 Å². The number of sulfone groups is 1. The van der Waals surface area contributed by atoms with Crippen molar-refractivity contribution in [2.24, 2.45) is 0 Å². The van der Waals surface area contributed by atoms with Crippen LogP contribution in [0.25, 0.3) is 0 Å². The number of rotatable bonds is 5. The molecule has 8 heteroatoms. The van der Waals surface area contributed by atoms with E-state index >= 15 is 0 Å². The molecule has 6 nitrogen and oxygen atoms in total. The lowest BCUT2D eigenvalue weighted by molar-refractivity contribution is -0.118. The van der Waals surface area contributed by atoms with E-state index in [4.69, 9.17) is 9.47 Å². The maximum Gasteiger partial charge on any atom is 0.231 e. The summed E-state index contributed by atoms with van der Waals surface area (Å²) in [5.74, 6) is 0.814. The summed E-state index contributed by atoms with van der Waals surface area (Å²) in [7, 11) is -3.62. The van der Waals surface area contributed by atoms with E-state index in [1.54, 1.807) is 35.7 Å². The molecule has 1 N–H and O–H groups in total. The lowest BCUT2D eigenvalue weighted by Gasteiger charge is -2.18. The Hall–Kier alpha value is -2.06. The predicted octanol–water partition coefficient (Wildman–Crippen LogP) is 2.13. The second-order valence-corrected chi connectivity index (χ2v) is 8.32. The Morgan fingerprint density at radius 2 is 2.09 bits per heavy atom. The van der Waals surface area contributed by atoms with Gasteiger partial charge in [0.05, 0.1) is 0 Å². The quantitative estimate of drug-likeness (QED) is 0.890. The summed E-state index contributed by atoms with van der Waals surface area (Å²) in [4.78, 5) is 11.2. The van der Waals surface area contributed by atoms with Crippen LogP contribution in [0.15, 0.2) is 39.9 Å². The highest BCUT2D eigenvalue weighted by Crippen LogP contribution is 2.38. The molecular weight excluding hydrogens is 338 g/mol. The van der Waals surface area contributed by atoms with Crippen LogP contribution in [-0.4, -0.2) is 27.7 Å². The normalized spacial score (nSPS) is 14.5. The first-order valence-corrected chi connectivity index (χ1v) is 9.32. The van der Waals surface area contributed by atoms with E-state index in [9.17, 15) is 13.2 Å². The van der Waals surface area contributed by atoms with E-state index in [2.05, 4.69) is 5.32 Å². The van der Waals surface area contributed by atoms with Gasteiger partial charge in [0.25, 0.3) is 0 Å². The third-order valence-corrected chi connectivity index (χ3v) is 6.99. The van der Waals surface area contributed by atoms with Gasteiger partial charge in [-0.25, -0.2) is 8.42 Å². The lowest BCUT2D eigenvalue weighted by atomic mass is 10.1. The molecule has 2 aromatic rings. The van der Waals surface area contributed by atoms with E-state index in [1.165, 1.54) is 6.92 Å². The van der Waals surface area contributed by atoms with Gasteiger partial charge in [0.1, 0.15) is 9.46 Å². The van der Waals surface area contributed by atoms with Crippen molar-refractivity contribution >= 4 is 27.1 Å². The van der Waals surface area contributed by atoms with E-state index in [1.807, 2.05) is 0 Å². The Morgan fingerprint density at radius 3 is 2.78 bits per heavy atom. The Morgan fingerprint density at radius 1 is 1.30 bits per heavy atom. The summed E-state index contributed by atoms with van der Waals surface area (Å²) in [6.45, 7) is 1.47. The van der Waals surface area contributed by atoms with Crippen molar-refractivity contribution in [3.8, 4) is 11.5 Å². The molecule has 0 radical (unpaired) electrons. The minimum atomic E-state index is -3.62. The number of carbonyl (C=O) groups is 1. The van der Waals surface area contributed by atoms with Crippen molar-refractivity contribution in [3.05, 3.63) is 41.3 Å². The van der Waals surface area contributed by atoms with Crippen molar-refractivity contribution in [3.63, 3.8) is 0 Å². The predicted molar refractivity (Wildman–Crippen MR) is 85.5 cm³/mol. The van der Waals surface area contributed by atoms with E-state index in [0.717, 1.165) is 11.3 Å². The average Bonchev–Trinajstić information content (AvgIpc) is 3.18. The molecule has 0 bridgehead atoms. The van der Waals surface area contributed by atoms with Gasteiger partial charge in [0, 0.05) is 13.5 Å². The van der Waals surface area contributed by atoms with Crippen LogP contribution in [-0.2, 0) is 14.6 Å². The number of hydrogen-bond acceptors (Lipinski definition) is 6. The van der Waals surface area contributed by atoms with Crippen LogP contribution in [0.5, 0.6) is 11.5 Å². The maximum atomic E-state index is 12.9. The molecule has 1 atom stereocenters. The molecule has 0 aliphatic carbocycles. The molecule has 23 heavy (non-hydrogen) atoms. The summed E-state index contributed by atoms with van der Waals surface area (Å²) in [6.07, 6.45) is 0. The van der Waals surface area contributed by atoms with Crippen molar-refractivity contribution in [1.29, 1.82) is 0 Å². The summed E-state index contributed by atoms with van der Waals surface area (Å²) in [5.41, 5.74) is 0.552. The number of ether oxygens (including phenoxy) is 2. The standard InChI is InChI=1S/C15H15NO5S2/c1-10(17)16-8-14(23(18,19)15-3-2-6-22-15)11-4-5-12-13(7-11)21-9-20-12/h2-7,14H,8-9H2,1H3,(H,16,17)/t14-/m1/s1. The smallest absolute Gasteiger partial charge is 0.231 e. The van der Waals surface area contributed by atoms with Gasteiger partial charge in [-0.1, -0.05) is 12.1 Å². The summed E-state index contributed by atoms with van der Waals surface area (Å²) in [5, 5.41) is 3.42. The van der Waals surface area contributed by atoms with Crippen LogP contribution in [0.4, 0.5) is 0 Å². The first-order chi connectivity index (χ1) is 11.0. The molecule has 0 fully saturated rings. The molecule has 122 valence electrons. The Bertz CT molecular complexity index is 814. The van der Waals surface area contributed by atoms with Gasteiger partial charge >= 0.3 is 0 Å². The molecule has 1 aromatic heterocycles. The molecule has 0 saturated heterocycles. The topological polar surface area (TPSA) is 81.7 Å². The van der Waals surface area contributed by atoms with E-state index in [-0.39, 0.29) is 23.5 Å². The first kappa shape index (κ1) is 15.8. The molecule has 0 saturated carbocycles. The fourth-order valence-electron chi connectivity index (χ4n) is 2.32. The molecule has 3 rings (SSSR count). The lowest BCUT2D eigenvalue weighted by Crippen LogP contribution is -2.30. The van der Waals surface area contributed by atoms with Crippen molar-refractivity contribution < 1.29 is 22.7 Å². The van der Waals surface area contributed by atoms with E-state index < -0.39 is 15.1 Å². The molecule has 1 aliphatic heterocycles. The summed E-state index contributed by atoms with van der Waals surface area (Å²) < 4.78 is 36.6. The van der Waals surface area contributed by atoms with Crippen LogP contribution in [0.2, 0.25) is 0 Å². The fraction of sp³-hybridized carbons (Fsp3) is 0.267. The Balaban J connectivity index is 2.00. The fourth-order valence-corrected chi connectivity index (χ4v) is 5.18. The number of hydrogen-bond donors (Lipinski definition) is 1. The monoisotopic (exact) mass is 353 g/mol. The van der Waals surface area contributed by atoms with E-state index in [0.29, 0.717) is 17.1 Å². The molecule has 1 amide bonds. The highest BCUT2D eigenvalue weighted by molar-refractivity contribution is 7.93. The molecular formula is C15H15NO5S2. The minimum absolute atomic E-state index is 0.00475. The molecule has 2 heterocycles. The molecule has 1 aliphatic rings.